The lowest BCUT2D eigenvalue weighted by Crippen LogP contribution is -2.34. The molecule has 68 valence electrons. The third kappa shape index (κ3) is 2.73. The van der Waals surface area contributed by atoms with Gasteiger partial charge in [-0.15, -0.1) is 0 Å². The Hall–Kier alpha value is -0.710. The first-order chi connectivity index (χ1) is 5.70. The van der Waals surface area contributed by atoms with Gasteiger partial charge in [0.2, 0.25) is 5.91 Å². The Morgan fingerprint density at radius 2 is 2.33 bits per heavy atom. The van der Waals surface area contributed by atoms with Crippen LogP contribution < -0.4 is 5.32 Å². The number of amides is 1. The molecule has 1 aliphatic rings. The minimum Gasteiger partial charge on any atom is -0.480 e. The molecule has 1 aliphatic heterocycles. The van der Waals surface area contributed by atoms with Crippen LogP contribution in [0.3, 0.4) is 0 Å². The summed E-state index contributed by atoms with van der Waals surface area (Å²) in [6.45, 7) is -0.264. The SMILES string of the molecule is O=C(O)CNC(=O)C1CCSC1. The normalized spacial score (nSPS) is 22.2. The van der Waals surface area contributed by atoms with Gasteiger partial charge in [0.15, 0.2) is 0 Å². The summed E-state index contributed by atoms with van der Waals surface area (Å²) < 4.78 is 0. The second kappa shape index (κ2) is 4.35. The van der Waals surface area contributed by atoms with Crippen molar-refractivity contribution in [1.29, 1.82) is 0 Å². The van der Waals surface area contributed by atoms with Crippen LogP contribution in [-0.2, 0) is 9.59 Å². The minimum absolute atomic E-state index is 0.0225. The van der Waals surface area contributed by atoms with E-state index < -0.39 is 5.97 Å². The lowest BCUT2D eigenvalue weighted by atomic mass is 10.1. The van der Waals surface area contributed by atoms with E-state index in [1.54, 1.807) is 11.8 Å². The van der Waals surface area contributed by atoms with E-state index >= 15 is 0 Å². The highest BCUT2D eigenvalue weighted by molar-refractivity contribution is 7.99. The van der Waals surface area contributed by atoms with Crippen molar-refractivity contribution in [3.05, 3.63) is 0 Å². The Kier molecular flexibility index (Phi) is 3.40. The fourth-order valence-electron chi connectivity index (χ4n) is 1.05. The molecular formula is C7H11NO3S. The van der Waals surface area contributed by atoms with Crippen LogP contribution in [0, 0.1) is 5.92 Å². The number of carbonyl (C=O) groups is 2. The molecule has 1 amide bonds. The molecule has 1 saturated heterocycles. The third-order valence-electron chi connectivity index (χ3n) is 1.71. The summed E-state index contributed by atoms with van der Waals surface area (Å²) in [5.74, 6) is 0.738. The van der Waals surface area contributed by atoms with Crippen molar-refractivity contribution in [2.24, 2.45) is 5.92 Å². The van der Waals surface area contributed by atoms with Crippen molar-refractivity contribution in [3.8, 4) is 0 Å². The van der Waals surface area contributed by atoms with Crippen LogP contribution in [0.4, 0.5) is 0 Å². The zero-order chi connectivity index (χ0) is 8.97. The first-order valence-electron chi connectivity index (χ1n) is 3.77. The largest absolute Gasteiger partial charge is 0.480 e. The summed E-state index contributed by atoms with van der Waals surface area (Å²) in [6, 6.07) is 0. The molecule has 1 unspecified atom stereocenters. The first-order valence-corrected chi connectivity index (χ1v) is 4.93. The number of thioether (sulfide) groups is 1. The molecule has 1 fully saturated rings. The number of carbonyl (C=O) groups excluding carboxylic acids is 1. The molecular weight excluding hydrogens is 178 g/mol. The molecule has 1 heterocycles. The van der Waals surface area contributed by atoms with Gasteiger partial charge in [-0.05, 0) is 12.2 Å². The lowest BCUT2D eigenvalue weighted by Gasteiger charge is -2.06. The summed E-state index contributed by atoms with van der Waals surface area (Å²) in [4.78, 5) is 21.3. The zero-order valence-corrected chi connectivity index (χ0v) is 7.39. The third-order valence-corrected chi connectivity index (χ3v) is 2.88. The summed E-state index contributed by atoms with van der Waals surface area (Å²) in [6.07, 6.45) is 0.871. The highest BCUT2D eigenvalue weighted by atomic mass is 32.2. The maximum absolute atomic E-state index is 11.2. The summed E-state index contributed by atoms with van der Waals surface area (Å²) in [5, 5.41) is 10.7. The number of rotatable bonds is 3. The first kappa shape index (κ1) is 9.38. The Bertz CT molecular complexity index is 189. The summed E-state index contributed by atoms with van der Waals surface area (Å²) in [7, 11) is 0. The fourth-order valence-corrected chi connectivity index (χ4v) is 2.27. The van der Waals surface area contributed by atoms with E-state index in [1.165, 1.54) is 0 Å². The van der Waals surface area contributed by atoms with Gasteiger partial charge in [0.1, 0.15) is 6.54 Å². The fraction of sp³-hybridized carbons (Fsp3) is 0.714. The lowest BCUT2D eigenvalue weighted by molar-refractivity contribution is -0.138. The van der Waals surface area contributed by atoms with Gasteiger partial charge in [0, 0.05) is 11.7 Å². The molecule has 1 rings (SSSR count). The molecule has 5 heteroatoms. The summed E-state index contributed by atoms with van der Waals surface area (Å²) in [5.41, 5.74) is 0. The monoisotopic (exact) mass is 189 g/mol. The smallest absolute Gasteiger partial charge is 0.322 e. The van der Waals surface area contributed by atoms with Crippen molar-refractivity contribution in [2.45, 2.75) is 6.42 Å². The van der Waals surface area contributed by atoms with Crippen molar-refractivity contribution >= 4 is 23.6 Å². The maximum Gasteiger partial charge on any atom is 0.322 e. The maximum atomic E-state index is 11.2. The van der Waals surface area contributed by atoms with Crippen molar-refractivity contribution in [2.75, 3.05) is 18.1 Å². The molecule has 12 heavy (non-hydrogen) atoms. The molecule has 0 bridgehead atoms. The van der Waals surface area contributed by atoms with E-state index in [-0.39, 0.29) is 18.4 Å². The molecule has 0 aromatic rings. The standard InChI is InChI=1S/C7H11NO3S/c9-6(10)3-8-7(11)5-1-2-12-4-5/h5H,1-4H2,(H,8,11)(H,9,10). The Balaban J connectivity index is 2.23. The van der Waals surface area contributed by atoms with Crippen LogP contribution in [0.5, 0.6) is 0 Å². The highest BCUT2D eigenvalue weighted by Gasteiger charge is 2.22. The van der Waals surface area contributed by atoms with Gasteiger partial charge in [-0.3, -0.25) is 9.59 Å². The van der Waals surface area contributed by atoms with Crippen LogP contribution in [0.25, 0.3) is 0 Å². The van der Waals surface area contributed by atoms with Crippen LogP contribution in [0.15, 0.2) is 0 Å². The zero-order valence-electron chi connectivity index (χ0n) is 6.58. The van der Waals surface area contributed by atoms with E-state index in [0.29, 0.717) is 0 Å². The van der Waals surface area contributed by atoms with E-state index in [9.17, 15) is 9.59 Å². The van der Waals surface area contributed by atoms with Gasteiger partial charge >= 0.3 is 5.97 Å². The number of hydrogen-bond acceptors (Lipinski definition) is 3. The Labute approximate surface area is 74.7 Å². The molecule has 0 aliphatic carbocycles. The molecule has 0 aromatic carbocycles. The number of carboxylic acids is 1. The van der Waals surface area contributed by atoms with Crippen molar-refractivity contribution in [1.82, 2.24) is 5.32 Å². The molecule has 1 atom stereocenters. The van der Waals surface area contributed by atoms with Crippen molar-refractivity contribution < 1.29 is 14.7 Å². The molecule has 0 saturated carbocycles. The topological polar surface area (TPSA) is 66.4 Å². The highest BCUT2D eigenvalue weighted by Crippen LogP contribution is 2.23. The van der Waals surface area contributed by atoms with Crippen LogP contribution in [-0.4, -0.2) is 35.0 Å². The molecule has 0 radical (unpaired) electrons. The predicted molar refractivity (Wildman–Crippen MR) is 46.1 cm³/mol. The molecule has 2 N–H and O–H groups in total. The predicted octanol–water partition coefficient (Wildman–Crippen LogP) is -0.0597. The second-order valence-electron chi connectivity index (χ2n) is 2.67. The van der Waals surface area contributed by atoms with Crippen LogP contribution in [0.2, 0.25) is 0 Å². The average Bonchev–Trinajstić information content (AvgIpc) is 2.51. The second-order valence-corrected chi connectivity index (χ2v) is 3.82. The average molecular weight is 189 g/mol. The molecule has 0 spiro atoms. The Morgan fingerprint density at radius 1 is 1.58 bits per heavy atom. The van der Waals surface area contributed by atoms with Gasteiger partial charge in [-0.25, -0.2) is 0 Å². The number of carboxylic acid groups (broad SMARTS) is 1. The van der Waals surface area contributed by atoms with E-state index in [4.69, 9.17) is 5.11 Å². The van der Waals surface area contributed by atoms with Crippen molar-refractivity contribution in [3.63, 3.8) is 0 Å². The van der Waals surface area contributed by atoms with Gasteiger partial charge in [-0.2, -0.15) is 11.8 Å². The van der Waals surface area contributed by atoms with Crippen LogP contribution >= 0.6 is 11.8 Å². The molecule has 0 aromatic heterocycles. The quantitative estimate of drug-likeness (QED) is 0.652. The van der Waals surface area contributed by atoms with E-state index in [1.807, 2.05) is 0 Å². The van der Waals surface area contributed by atoms with Gasteiger partial charge in [0.25, 0.3) is 0 Å². The number of hydrogen-bond donors (Lipinski definition) is 2. The van der Waals surface area contributed by atoms with E-state index in [0.717, 1.165) is 17.9 Å². The number of nitrogens with one attached hydrogen (secondary N) is 1. The number of aliphatic carboxylic acids is 1. The van der Waals surface area contributed by atoms with Gasteiger partial charge in [0.05, 0.1) is 0 Å². The molecule has 4 nitrogen and oxygen atoms in total. The summed E-state index contributed by atoms with van der Waals surface area (Å²) >= 11 is 1.74. The van der Waals surface area contributed by atoms with Gasteiger partial charge in [-0.1, -0.05) is 0 Å². The van der Waals surface area contributed by atoms with Gasteiger partial charge < -0.3 is 10.4 Å². The Morgan fingerprint density at radius 3 is 2.83 bits per heavy atom. The van der Waals surface area contributed by atoms with E-state index in [2.05, 4.69) is 5.32 Å². The van der Waals surface area contributed by atoms with Crippen LogP contribution in [0.1, 0.15) is 6.42 Å². The minimum atomic E-state index is -0.992.